The highest BCUT2D eigenvalue weighted by Crippen LogP contribution is 2.11. The van der Waals surface area contributed by atoms with Gasteiger partial charge in [0.2, 0.25) is 5.95 Å². The molecule has 0 radical (unpaired) electrons. The number of hydrogen-bond donors (Lipinski definition) is 2. The normalized spacial score (nSPS) is 10.3. The largest absolute Gasteiger partial charge is 0.497 e. The maximum absolute atomic E-state index is 12.3. The Kier molecular flexibility index (Phi) is 5.82. The lowest BCUT2D eigenvalue weighted by molar-refractivity contribution is 0.0949. The second-order valence-corrected chi connectivity index (χ2v) is 5.55. The average molecular weight is 352 g/mol. The Morgan fingerprint density at radius 3 is 2.77 bits per heavy atom. The third-order valence-electron chi connectivity index (χ3n) is 3.75. The van der Waals surface area contributed by atoms with Crippen molar-refractivity contribution in [2.45, 2.75) is 13.0 Å². The average Bonchev–Trinajstić information content (AvgIpc) is 3.21. The number of carbonyl (C=O) groups excluding carboxylic acids is 1. The molecule has 0 atom stereocenters. The van der Waals surface area contributed by atoms with Crippen LogP contribution in [0.1, 0.15) is 21.8 Å². The van der Waals surface area contributed by atoms with Gasteiger partial charge in [0.25, 0.3) is 5.91 Å². The van der Waals surface area contributed by atoms with E-state index in [4.69, 9.17) is 9.15 Å². The predicted molar refractivity (Wildman–Crippen MR) is 97.1 cm³/mol. The van der Waals surface area contributed by atoms with Gasteiger partial charge < -0.3 is 19.8 Å². The Balaban J connectivity index is 1.49. The molecule has 0 fully saturated rings. The monoisotopic (exact) mass is 352 g/mol. The van der Waals surface area contributed by atoms with Gasteiger partial charge in [0.05, 0.1) is 19.9 Å². The summed E-state index contributed by atoms with van der Waals surface area (Å²) in [4.78, 5) is 20.6. The minimum Gasteiger partial charge on any atom is -0.497 e. The number of benzene rings is 1. The van der Waals surface area contributed by atoms with Gasteiger partial charge in [0.15, 0.2) is 0 Å². The van der Waals surface area contributed by atoms with Crippen LogP contribution in [-0.2, 0) is 13.0 Å². The van der Waals surface area contributed by atoms with Crippen molar-refractivity contribution < 1.29 is 13.9 Å². The fourth-order valence-electron chi connectivity index (χ4n) is 2.35. The van der Waals surface area contributed by atoms with Crippen molar-refractivity contribution in [3.63, 3.8) is 0 Å². The third kappa shape index (κ3) is 4.83. The Morgan fingerprint density at radius 2 is 2.04 bits per heavy atom. The van der Waals surface area contributed by atoms with Crippen molar-refractivity contribution in [3.05, 3.63) is 71.9 Å². The molecule has 134 valence electrons. The molecule has 0 aliphatic heterocycles. The van der Waals surface area contributed by atoms with Crippen LogP contribution < -0.4 is 15.4 Å². The van der Waals surface area contributed by atoms with Gasteiger partial charge >= 0.3 is 0 Å². The Morgan fingerprint density at radius 1 is 1.19 bits per heavy atom. The van der Waals surface area contributed by atoms with Gasteiger partial charge in [-0.05, 0) is 42.3 Å². The molecule has 3 rings (SSSR count). The lowest BCUT2D eigenvalue weighted by atomic mass is 10.1. The van der Waals surface area contributed by atoms with Crippen molar-refractivity contribution in [2.24, 2.45) is 0 Å². The van der Waals surface area contributed by atoms with Crippen molar-refractivity contribution in [3.8, 4) is 5.75 Å². The summed E-state index contributed by atoms with van der Waals surface area (Å²) in [6.45, 7) is 0.972. The van der Waals surface area contributed by atoms with Crippen molar-refractivity contribution in [2.75, 3.05) is 19.0 Å². The molecule has 0 aliphatic carbocycles. The number of nitrogens with zero attached hydrogens (tertiary/aromatic N) is 2. The standard InChI is InChI=1S/C19H20N4O3/c1-25-15-6-4-14(5-7-15)8-10-20-18(24)17-9-11-21-19(23-17)22-13-16-3-2-12-26-16/h2-7,9,11-12H,8,10,13H2,1H3,(H,20,24)(H,21,22,23). The van der Waals surface area contributed by atoms with Crippen LogP contribution >= 0.6 is 0 Å². The quantitative estimate of drug-likeness (QED) is 0.648. The van der Waals surface area contributed by atoms with E-state index in [-0.39, 0.29) is 5.91 Å². The highest BCUT2D eigenvalue weighted by molar-refractivity contribution is 5.92. The summed E-state index contributed by atoms with van der Waals surface area (Å²) in [7, 11) is 1.63. The SMILES string of the molecule is COc1ccc(CCNC(=O)c2ccnc(NCc3ccco3)n2)cc1. The first kappa shape index (κ1) is 17.5. The second kappa shape index (κ2) is 8.66. The molecule has 0 aliphatic rings. The van der Waals surface area contributed by atoms with E-state index in [2.05, 4.69) is 20.6 Å². The smallest absolute Gasteiger partial charge is 0.270 e. The fourth-order valence-corrected chi connectivity index (χ4v) is 2.35. The molecule has 2 heterocycles. The molecule has 2 N–H and O–H groups in total. The third-order valence-corrected chi connectivity index (χ3v) is 3.75. The first-order chi connectivity index (χ1) is 12.7. The van der Waals surface area contributed by atoms with Crippen LogP contribution in [-0.4, -0.2) is 29.5 Å². The number of anilines is 1. The van der Waals surface area contributed by atoms with Crippen LogP contribution in [0.2, 0.25) is 0 Å². The Bertz CT molecular complexity index is 832. The van der Waals surface area contributed by atoms with Gasteiger partial charge in [-0.1, -0.05) is 12.1 Å². The molecular formula is C19H20N4O3. The van der Waals surface area contributed by atoms with E-state index in [1.807, 2.05) is 36.4 Å². The number of rotatable bonds is 8. The van der Waals surface area contributed by atoms with E-state index >= 15 is 0 Å². The van der Waals surface area contributed by atoms with Crippen LogP contribution in [0.5, 0.6) is 5.75 Å². The first-order valence-corrected chi connectivity index (χ1v) is 8.25. The number of ether oxygens (including phenoxy) is 1. The zero-order valence-corrected chi connectivity index (χ0v) is 14.4. The van der Waals surface area contributed by atoms with E-state index in [1.54, 1.807) is 25.6 Å². The maximum Gasteiger partial charge on any atom is 0.270 e. The van der Waals surface area contributed by atoms with Gasteiger partial charge in [0.1, 0.15) is 17.2 Å². The van der Waals surface area contributed by atoms with E-state index < -0.39 is 0 Å². The predicted octanol–water partition coefficient (Wildman–Crippen LogP) is 2.66. The Hall–Kier alpha value is -3.35. The molecule has 0 bridgehead atoms. The van der Waals surface area contributed by atoms with Crippen LogP contribution in [0.25, 0.3) is 0 Å². The maximum atomic E-state index is 12.3. The molecule has 7 nitrogen and oxygen atoms in total. The number of amides is 1. The number of furan rings is 1. The number of carbonyl (C=O) groups is 1. The lowest BCUT2D eigenvalue weighted by Crippen LogP contribution is -2.26. The summed E-state index contributed by atoms with van der Waals surface area (Å²) in [6.07, 6.45) is 3.88. The number of hydrogen-bond acceptors (Lipinski definition) is 6. The van der Waals surface area contributed by atoms with Crippen LogP contribution in [0.15, 0.2) is 59.3 Å². The van der Waals surface area contributed by atoms with Crippen molar-refractivity contribution in [1.29, 1.82) is 0 Å². The van der Waals surface area contributed by atoms with E-state index in [0.717, 1.165) is 23.5 Å². The van der Waals surface area contributed by atoms with E-state index in [9.17, 15) is 4.79 Å². The minimum atomic E-state index is -0.234. The lowest BCUT2D eigenvalue weighted by Gasteiger charge is -2.07. The topological polar surface area (TPSA) is 89.3 Å². The molecule has 1 amide bonds. The van der Waals surface area contributed by atoms with Gasteiger partial charge in [-0.15, -0.1) is 0 Å². The molecule has 7 heteroatoms. The molecule has 3 aromatic rings. The fraction of sp³-hybridized carbons (Fsp3) is 0.211. The van der Waals surface area contributed by atoms with Gasteiger partial charge in [-0.3, -0.25) is 4.79 Å². The summed E-state index contributed by atoms with van der Waals surface area (Å²) in [5.41, 5.74) is 1.44. The second-order valence-electron chi connectivity index (χ2n) is 5.55. The van der Waals surface area contributed by atoms with Crippen LogP contribution in [0, 0.1) is 0 Å². The van der Waals surface area contributed by atoms with E-state index in [1.165, 1.54) is 0 Å². The zero-order chi connectivity index (χ0) is 18.2. The Labute approximate surface area is 151 Å². The number of methoxy groups -OCH3 is 1. The van der Waals surface area contributed by atoms with Gasteiger partial charge in [-0.2, -0.15) is 0 Å². The zero-order valence-electron chi connectivity index (χ0n) is 14.4. The molecule has 0 unspecified atom stereocenters. The van der Waals surface area contributed by atoms with Crippen LogP contribution in [0.4, 0.5) is 5.95 Å². The minimum absolute atomic E-state index is 0.234. The van der Waals surface area contributed by atoms with Crippen molar-refractivity contribution >= 4 is 11.9 Å². The number of aromatic nitrogens is 2. The molecule has 2 aromatic heterocycles. The van der Waals surface area contributed by atoms with Gasteiger partial charge in [-0.25, -0.2) is 9.97 Å². The molecule has 1 aromatic carbocycles. The molecule has 0 spiro atoms. The summed E-state index contributed by atoms with van der Waals surface area (Å²) in [5.74, 6) is 1.72. The first-order valence-electron chi connectivity index (χ1n) is 8.25. The van der Waals surface area contributed by atoms with Crippen molar-refractivity contribution in [1.82, 2.24) is 15.3 Å². The molecule has 26 heavy (non-hydrogen) atoms. The molecule has 0 saturated heterocycles. The summed E-state index contributed by atoms with van der Waals surface area (Å²) in [5, 5.41) is 5.89. The highest BCUT2D eigenvalue weighted by atomic mass is 16.5. The molecule has 0 saturated carbocycles. The summed E-state index contributed by atoms with van der Waals surface area (Å²) < 4.78 is 10.4. The van der Waals surface area contributed by atoms with E-state index in [0.29, 0.717) is 24.7 Å². The number of nitrogens with one attached hydrogen (secondary N) is 2. The molecular weight excluding hydrogens is 332 g/mol. The summed E-state index contributed by atoms with van der Waals surface area (Å²) >= 11 is 0. The summed E-state index contributed by atoms with van der Waals surface area (Å²) in [6, 6.07) is 13.0. The highest BCUT2D eigenvalue weighted by Gasteiger charge is 2.08. The van der Waals surface area contributed by atoms with Gasteiger partial charge in [0, 0.05) is 12.7 Å². The van der Waals surface area contributed by atoms with Crippen LogP contribution in [0.3, 0.4) is 0 Å².